The number of hydrogen-bond acceptors (Lipinski definition) is 23. The fraction of sp³-hybridized carbons (Fsp3) is 0.576. The van der Waals surface area contributed by atoms with Crippen LogP contribution in [0.4, 0.5) is 4.39 Å². The number of carbonyl (C=O) groups is 1. The van der Waals surface area contributed by atoms with Crippen molar-refractivity contribution in [2.24, 2.45) is 23.7 Å². The molecule has 23 nitrogen and oxygen atoms in total. The molecule has 33 heteroatoms. The van der Waals surface area contributed by atoms with Gasteiger partial charge in [0.2, 0.25) is 0 Å². The minimum Gasteiger partial charge on any atom is -0.744 e. The number of nitrogens with zero attached hydrogens (tertiary/aromatic N) is 12. The molecule has 8 aliphatic rings. The molecule has 8 aliphatic heterocycles. The summed E-state index contributed by atoms with van der Waals surface area (Å²) in [5.41, 5.74) is 12.3. The largest absolute Gasteiger partial charge is 1.00 e. The Bertz CT molecular complexity index is 4040. The van der Waals surface area contributed by atoms with Crippen LogP contribution in [0, 0.1) is 58.3 Å². The van der Waals surface area contributed by atoms with E-state index in [-0.39, 0.29) is 55.6 Å². The van der Waals surface area contributed by atoms with Gasteiger partial charge in [-0.05, 0) is 449 Å². The number of likely N-dealkylation sites (tertiary alicyclic amines) is 2. The maximum atomic E-state index is 10.7. The molecule has 7 aromatic rings. The summed E-state index contributed by atoms with van der Waals surface area (Å²) in [6.07, 6.45) is 35.1. The second-order valence-electron chi connectivity index (χ2n) is 33.9. The summed E-state index contributed by atoms with van der Waals surface area (Å²) in [5, 5.41) is 44.3. The van der Waals surface area contributed by atoms with Gasteiger partial charge >= 0.3 is 57.8 Å². The molecule has 0 saturated carbocycles. The summed E-state index contributed by atoms with van der Waals surface area (Å²) in [4.78, 5) is 49.7. The van der Waals surface area contributed by atoms with E-state index in [2.05, 4.69) is 181 Å². The van der Waals surface area contributed by atoms with Crippen LogP contribution in [0.1, 0.15) is 155 Å². The zero-order valence-corrected chi connectivity index (χ0v) is 84.0. The molecular weight excluding hydrogens is 1800 g/mol. The number of piperidine rings is 8. The van der Waals surface area contributed by atoms with Gasteiger partial charge in [0, 0.05) is 99.5 Å². The number of ketones is 1. The zero-order valence-electron chi connectivity index (χ0n) is 77.5. The van der Waals surface area contributed by atoms with E-state index in [1.807, 2.05) is 95.8 Å². The molecule has 0 amide bonds. The van der Waals surface area contributed by atoms with Crippen molar-refractivity contribution in [1.29, 1.82) is 0 Å². The SMILES string of the molecule is Brc1ccc(Br)nc1.C=C1CCN(B(C)O)CC1.CB(O)N1CCC(=O)CC1.CB(O)N1CCC(Cc2ccc(C)nc2)CC1.CB(O)N1CCC(N2CCC(Cc3ccc(C)nc3)CC2)CC1.COc1ccc(S(=O)(=O)[O-])cc1.Cc1ccc(Br)cn1.Cc1ccc(CC2CCN(C3CCNCC3)CC2)cn1.Cc1ccc(CC2CCNCC2)cn1.[2H]CF.[Na+]. The van der Waals surface area contributed by atoms with Gasteiger partial charge in [0.1, 0.15) is 26.3 Å². The van der Waals surface area contributed by atoms with Crippen LogP contribution in [0.15, 0.2) is 165 Å². The molecule has 0 bridgehead atoms. The smallest absolute Gasteiger partial charge is 0.744 e. The number of methoxy groups -OCH3 is 1. The molecule has 0 spiro atoms. The van der Waals surface area contributed by atoms with E-state index < -0.39 is 24.3 Å². The minimum absolute atomic E-state index is 0. The predicted octanol–water partition coefficient (Wildman–Crippen LogP) is 11.8. The van der Waals surface area contributed by atoms with Crippen LogP contribution in [-0.2, 0) is 40.6 Å². The molecule has 680 valence electrons. The first kappa shape index (κ1) is 109. The van der Waals surface area contributed by atoms with E-state index in [0.717, 1.165) is 149 Å². The van der Waals surface area contributed by atoms with E-state index in [9.17, 15) is 32.2 Å². The van der Waals surface area contributed by atoms with E-state index in [1.165, 1.54) is 208 Å². The third-order valence-electron chi connectivity index (χ3n) is 24.1. The Hall–Kier alpha value is -4.61. The van der Waals surface area contributed by atoms with Crippen LogP contribution in [0.25, 0.3) is 0 Å². The Kier molecular flexibility index (Phi) is 54.1. The fourth-order valence-corrected chi connectivity index (χ4v) is 17.4. The number of carbonyl (C=O) groups excluding carboxylic acids is 1. The number of hydrogen-bond donors (Lipinski definition) is 6. The first-order valence-electron chi connectivity index (χ1n) is 45.3. The first-order valence-corrected chi connectivity index (χ1v) is 48.4. The zero-order chi connectivity index (χ0) is 91.1. The van der Waals surface area contributed by atoms with Crippen molar-refractivity contribution < 1.29 is 77.9 Å². The molecule has 0 aliphatic carbocycles. The van der Waals surface area contributed by atoms with Crippen molar-refractivity contribution >= 4 is 91.9 Å². The van der Waals surface area contributed by atoms with Crippen LogP contribution in [-0.4, -0.2) is 257 Å². The molecule has 1 aromatic carbocycles. The minimum atomic E-state index is -4.33. The summed E-state index contributed by atoms with van der Waals surface area (Å²) in [5.74, 6) is 4.11. The molecule has 0 radical (unpaired) electrons. The van der Waals surface area contributed by atoms with Crippen LogP contribution >= 0.6 is 47.8 Å². The quantitative estimate of drug-likeness (QED) is 0.0227. The normalized spacial score (nSPS) is 18.2. The summed E-state index contributed by atoms with van der Waals surface area (Å²) in [6, 6.07) is 31.9. The Morgan fingerprint density at radius 3 is 1.04 bits per heavy atom. The monoisotopic (exact) mass is 1940 g/mol. The van der Waals surface area contributed by atoms with Gasteiger partial charge in [-0.25, -0.2) is 13.4 Å². The average Bonchev–Trinajstić information content (AvgIpc) is 0.828. The van der Waals surface area contributed by atoms with Gasteiger partial charge in [-0.2, -0.15) is 0 Å². The van der Waals surface area contributed by atoms with Gasteiger partial charge in [0.05, 0.1) is 20.5 Å². The molecule has 8 fully saturated rings. The Labute approximate surface area is 799 Å². The van der Waals surface area contributed by atoms with Gasteiger partial charge in [-0.1, -0.05) is 36.4 Å². The van der Waals surface area contributed by atoms with Crippen molar-refractivity contribution in [2.75, 3.05) is 119 Å². The Morgan fingerprint density at radius 1 is 0.448 bits per heavy atom. The molecule has 14 heterocycles. The van der Waals surface area contributed by atoms with Gasteiger partial charge < -0.3 is 69.1 Å². The van der Waals surface area contributed by atoms with Crippen molar-refractivity contribution in [3.8, 4) is 5.75 Å². The first-order chi connectivity index (χ1) is 59.8. The van der Waals surface area contributed by atoms with Crippen LogP contribution in [0.3, 0.4) is 0 Å². The third-order valence-corrected chi connectivity index (χ3v) is 26.4. The fourth-order valence-electron chi connectivity index (χ4n) is 16.2. The molecule has 6 N–H and O–H groups in total. The molecular formula is C92H141B4Br3FN14NaO9S. The predicted molar refractivity (Wildman–Crippen MR) is 515 cm³/mol. The number of rotatable bonds is 16. The van der Waals surface area contributed by atoms with Gasteiger partial charge in [-0.15, -0.1) is 0 Å². The second-order valence-corrected chi connectivity index (χ2v) is 37.9. The molecule has 0 unspecified atom stereocenters. The number of halogens is 4. The standard InChI is InChI=1S/C18H30BN3O.C17H27N3.C13H21BN2O.C12H18N2.C7H14BNO.C7H8O4S.C6H12BNO2.C6H6BrN.C5H3Br2N.CH3F.Na/c1-15-3-4-17(14-20-15)13-16-5-9-21(10-6-16)18-7-11-22(12-8-18)19(2)23;1-14-2-3-16(13-19-14)12-15-6-10-20(11-7-15)17-4-8-18-9-5-17;1-11-3-4-13(10-15-11)9-12-5-7-16(8-6-12)14(2)17;1-10-2-3-12(9-14-10)8-11-4-6-13-7-5-11;1-7-3-5-9(6-4-7)8(2)10;1-11-6-2-4-7(5-3-6)12(8,9)10;1-7(10)8-4-2-6(9)3-5-8;1-5-2-3-6(7)4-8-5;6-4-1-2-5(7)8-3-4;1-2;/h3-4,14,16,18,23H,5-13H2,1-2H3;2-3,13,15,17-18H,4-12H2,1H3;3-4,10,12,17H,5-9H2,1-2H3;2-3,9,11,13H,4-8H2,1H3;10H,1,3-6H2,2H3;2-5H,1H3,(H,8,9,10);10H,2-5H2,1H3;2-4H,1H3;1-3H;1H3;/q;;;;;;;;;;+1/p-1/i;;;;;;;;;1D;. The average molecular weight is 1950 g/mol. The van der Waals surface area contributed by atoms with E-state index in [0.29, 0.717) is 24.4 Å². The number of pyridine rings is 6. The summed E-state index contributed by atoms with van der Waals surface area (Å²) < 4.78 is 54.5. The van der Waals surface area contributed by atoms with Gasteiger partial charge in [-0.3, -0.25) is 34.1 Å². The summed E-state index contributed by atoms with van der Waals surface area (Å²) in [7, 11) is -5.14. The maximum Gasteiger partial charge on any atom is 1.00 e. The molecule has 0 atom stereocenters. The number of aromatic nitrogens is 6. The van der Waals surface area contributed by atoms with Gasteiger partial charge in [0.25, 0.3) is 0 Å². The van der Waals surface area contributed by atoms with E-state index in [1.54, 1.807) is 19.2 Å². The molecule has 15 rings (SSSR count). The van der Waals surface area contributed by atoms with Crippen molar-refractivity contribution in [2.45, 2.75) is 207 Å². The molecule has 125 heavy (non-hydrogen) atoms. The molecule has 6 aromatic heterocycles. The number of benzene rings is 1. The summed E-state index contributed by atoms with van der Waals surface area (Å²) >= 11 is 9.76. The third kappa shape index (κ3) is 45.9. The number of aryl methyl sites for hydroxylation is 5. The van der Waals surface area contributed by atoms with Crippen LogP contribution < -0.4 is 44.9 Å². The van der Waals surface area contributed by atoms with Gasteiger partial charge in [0.15, 0.2) is 0 Å². The summed E-state index contributed by atoms with van der Waals surface area (Å²) in [6.45, 7) is 38.6. The van der Waals surface area contributed by atoms with E-state index in [4.69, 9.17) is 16.2 Å². The van der Waals surface area contributed by atoms with Crippen LogP contribution in [0.2, 0.25) is 27.3 Å². The van der Waals surface area contributed by atoms with Crippen molar-refractivity contribution in [3.05, 3.63) is 211 Å². The number of nitrogens with one attached hydrogen (secondary N) is 2. The van der Waals surface area contributed by atoms with Crippen molar-refractivity contribution in [3.63, 3.8) is 0 Å². The Morgan fingerprint density at radius 2 is 0.744 bits per heavy atom. The number of alkyl halides is 1. The number of Topliss-reactive ketones (excluding diaryl/α,β-unsaturated/α-hetero) is 1. The van der Waals surface area contributed by atoms with Crippen molar-refractivity contribution in [1.82, 2.24) is 69.6 Å². The second kappa shape index (κ2) is 61.9. The molecule has 8 saturated heterocycles. The number of ether oxygens (including phenoxy) is 1. The van der Waals surface area contributed by atoms with Crippen LogP contribution in [0.5, 0.6) is 5.75 Å². The van der Waals surface area contributed by atoms with E-state index >= 15 is 0 Å². The maximum absolute atomic E-state index is 10.7. The topological polar surface area (TPSA) is 285 Å². The Balaban J connectivity index is 0.000000255.